The zero-order chi connectivity index (χ0) is 9.52. The van der Waals surface area contributed by atoms with Crippen LogP contribution < -0.4 is 5.84 Å². The molecule has 2 fully saturated rings. The summed E-state index contributed by atoms with van der Waals surface area (Å²) in [7, 11) is 0. The molecule has 0 saturated heterocycles. The lowest BCUT2D eigenvalue weighted by molar-refractivity contribution is -0.121. The molecule has 13 heavy (non-hydrogen) atoms. The Bertz CT molecular complexity index is 139. The summed E-state index contributed by atoms with van der Waals surface area (Å²) >= 11 is 0. The van der Waals surface area contributed by atoms with Crippen molar-refractivity contribution in [1.82, 2.24) is 5.01 Å². The lowest BCUT2D eigenvalue weighted by Gasteiger charge is -2.27. The van der Waals surface area contributed by atoms with Crippen molar-refractivity contribution in [3.05, 3.63) is 6.42 Å². The minimum Gasteiger partial charge on any atom is -0.280 e. The first-order chi connectivity index (χ1) is 6.34. The topological polar surface area (TPSA) is 46.3 Å². The maximum atomic E-state index is 10.2. The van der Waals surface area contributed by atoms with Gasteiger partial charge in [-0.05, 0) is 32.1 Å². The SMILES string of the molecule is NN(C=O)C1CCCCC1.[CH]1CC1. The average molecular weight is 183 g/mol. The van der Waals surface area contributed by atoms with Crippen LogP contribution in [0.1, 0.15) is 44.9 Å². The first-order valence-electron chi connectivity index (χ1n) is 5.14. The van der Waals surface area contributed by atoms with Gasteiger partial charge in [-0.15, -0.1) is 0 Å². The highest BCUT2D eigenvalue weighted by Gasteiger charge is 2.16. The molecule has 2 N–H and O–H groups in total. The van der Waals surface area contributed by atoms with Gasteiger partial charge in [-0.1, -0.05) is 19.3 Å². The minimum absolute atomic E-state index is 0.311. The lowest BCUT2D eigenvalue weighted by atomic mass is 9.95. The van der Waals surface area contributed by atoms with E-state index < -0.39 is 0 Å². The van der Waals surface area contributed by atoms with Gasteiger partial charge in [0, 0.05) is 6.04 Å². The molecule has 0 unspecified atom stereocenters. The van der Waals surface area contributed by atoms with Crippen LogP contribution in [0.2, 0.25) is 0 Å². The van der Waals surface area contributed by atoms with Gasteiger partial charge in [-0.25, -0.2) is 5.84 Å². The molecular formula is C10H19N2O. The Kier molecular flexibility index (Phi) is 4.83. The molecule has 0 heterocycles. The molecule has 0 aliphatic heterocycles. The molecule has 0 bridgehead atoms. The van der Waals surface area contributed by atoms with Crippen molar-refractivity contribution in [2.75, 3.05) is 0 Å². The number of hydrazine groups is 1. The number of hydrogen-bond acceptors (Lipinski definition) is 2. The van der Waals surface area contributed by atoms with Crippen LogP contribution in [-0.4, -0.2) is 17.5 Å². The third-order valence-electron chi connectivity index (χ3n) is 2.41. The Morgan fingerprint density at radius 1 is 1.23 bits per heavy atom. The van der Waals surface area contributed by atoms with Gasteiger partial charge in [-0.2, -0.15) is 0 Å². The maximum Gasteiger partial charge on any atom is 0.223 e. The van der Waals surface area contributed by atoms with Crippen molar-refractivity contribution < 1.29 is 4.79 Å². The fourth-order valence-corrected chi connectivity index (χ4v) is 1.47. The summed E-state index contributed by atoms with van der Waals surface area (Å²) in [5.41, 5.74) is 0. The Morgan fingerprint density at radius 2 is 1.77 bits per heavy atom. The number of carbonyl (C=O) groups is 1. The summed E-state index contributed by atoms with van der Waals surface area (Å²) in [5.74, 6) is 5.41. The molecular weight excluding hydrogens is 164 g/mol. The Balaban J connectivity index is 0.000000236. The number of carbonyl (C=O) groups excluding carboxylic acids is 1. The third kappa shape index (κ3) is 4.88. The molecule has 0 aromatic carbocycles. The molecule has 2 saturated carbocycles. The highest BCUT2D eigenvalue weighted by Crippen LogP contribution is 2.19. The molecule has 0 aromatic heterocycles. The van der Waals surface area contributed by atoms with Crippen molar-refractivity contribution in [2.45, 2.75) is 51.0 Å². The summed E-state index contributed by atoms with van der Waals surface area (Å²) in [6.07, 6.45) is 11.6. The summed E-state index contributed by atoms with van der Waals surface area (Å²) in [4.78, 5) is 10.2. The van der Waals surface area contributed by atoms with E-state index in [0.29, 0.717) is 6.04 Å². The summed E-state index contributed by atoms with van der Waals surface area (Å²) in [5, 5.41) is 1.30. The Labute approximate surface area is 80.2 Å². The monoisotopic (exact) mass is 183 g/mol. The molecule has 2 rings (SSSR count). The highest BCUT2D eigenvalue weighted by atomic mass is 16.1. The second-order valence-electron chi connectivity index (χ2n) is 3.71. The quantitative estimate of drug-likeness (QED) is 0.306. The Hall–Kier alpha value is -0.570. The van der Waals surface area contributed by atoms with E-state index in [9.17, 15) is 4.79 Å². The van der Waals surface area contributed by atoms with Gasteiger partial charge >= 0.3 is 0 Å². The van der Waals surface area contributed by atoms with E-state index in [4.69, 9.17) is 5.84 Å². The van der Waals surface area contributed by atoms with Crippen LogP contribution in [0.5, 0.6) is 0 Å². The van der Waals surface area contributed by atoms with Gasteiger partial charge in [0.25, 0.3) is 0 Å². The number of rotatable bonds is 2. The van der Waals surface area contributed by atoms with Crippen LogP contribution in [0.15, 0.2) is 0 Å². The van der Waals surface area contributed by atoms with Crippen LogP contribution >= 0.6 is 0 Å². The fraction of sp³-hybridized carbons (Fsp3) is 0.800. The second-order valence-corrected chi connectivity index (χ2v) is 3.71. The summed E-state index contributed by atoms with van der Waals surface area (Å²) in [6.45, 7) is 0. The number of nitrogens with two attached hydrogens (primary N) is 1. The van der Waals surface area contributed by atoms with Crippen LogP contribution in [0, 0.1) is 6.42 Å². The maximum absolute atomic E-state index is 10.2. The average Bonchev–Trinajstić information content (AvgIpc) is 3.05. The van der Waals surface area contributed by atoms with E-state index in [-0.39, 0.29) is 0 Å². The first kappa shape index (κ1) is 10.5. The van der Waals surface area contributed by atoms with Gasteiger partial charge in [0.15, 0.2) is 0 Å². The van der Waals surface area contributed by atoms with Crippen molar-refractivity contribution in [3.8, 4) is 0 Å². The second kappa shape index (κ2) is 5.97. The summed E-state index contributed by atoms with van der Waals surface area (Å²) < 4.78 is 0. The number of nitrogens with zero attached hydrogens (tertiary/aromatic N) is 1. The van der Waals surface area contributed by atoms with Gasteiger partial charge in [0.05, 0.1) is 0 Å². The van der Waals surface area contributed by atoms with Crippen LogP contribution in [0.25, 0.3) is 0 Å². The van der Waals surface area contributed by atoms with Crippen molar-refractivity contribution in [2.24, 2.45) is 5.84 Å². The standard InChI is InChI=1S/C7H14N2O.C3H5/c8-9(6-10)7-4-2-1-3-5-7;1-2-3-1/h6-7H,1-5,8H2;1H,2-3H2. The van der Waals surface area contributed by atoms with Gasteiger partial charge in [-0.3, -0.25) is 9.80 Å². The van der Waals surface area contributed by atoms with E-state index >= 15 is 0 Å². The number of hydrogen-bond donors (Lipinski definition) is 1. The molecule has 1 amide bonds. The molecule has 0 atom stereocenters. The van der Waals surface area contributed by atoms with Gasteiger partial charge in [0.2, 0.25) is 6.41 Å². The normalized spacial score (nSPS) is 21.3. The molecule has 3 nitrogen and oxygen atoms in total. The highest BCUT2D eigenvalue weighted by molar-refractivity contribution is 5.46. The lowest BCUT2D eigenvalue weighted by Crippen LogP contribution is -2.40. The van der Waals surface area contributed by atoms with Gasteiger partial charge < -0.3 is 0 Å². The zero-order valence-corrected chi connectivity index (χ0v) is 8.11. The largest absolute Gasteiger partial charge is 0.280 e. The first-order valence-corrected chi connectivity index (χ1v) is 5.14. The smallest absolute Gasteiger partial charge is 0.223 e. The molecule has 0 spiro atoms. The van der Waals surface area contributed by atoms with Crippen molar-refractivity contribution >= 4 is 6.41 Å². The minimum atomic E-state index is 0.311. The third-order valence-corrected chi connectivity index (χ3v) is 2.41. The van der Waals surface area contributed by atoms with Crippen LogP contribution in [0.3, 0.4) is 0 Å². The summed E-state index contributed by atoms with van der Waals surface area (Å²) in [6, 6.07) is 0.311. The van der Waals surface area contributed by atoms with Crippen molar-refractivity contribution in [3.63, 3.8) is 0 Å². The molecule has 2 aliphatic rings. The number of amides is 1. The Morgan fingerprint density at radius 3 is 2.15 bits per heavy atom. The molecule has 1 radical (unpaired) electrons. The van der Waals surface area contributed by atoms with E-state index in [0.717, 1.165) is 19.3 Å². The van der Waals surface area contributed by atoms with Gasteiger partial charge in [0.1, 0.15) is 0 Å². The fourth-order valence-electron chi connectivity index (χ4n) is 1.47. The molecule has 2 aliphatic carbocycles. The van der Waals surface area contributed by atoms with E-state index in [2.05, 4.69) is 6.42 Å². The zero-order valence-electron chi connectivity index (χ0n) is 8.11. The predicted octanol–water partition coefficient (Wildman–Crippen LogP) is 1.64. The van der Waals surface area contributed by atoms with Crippen LogP contribution in [-0.2, 0) is 4.79 Å². The van der Waals surface area contributed by atoms with E-state index in [1.807, 2.05) is 0 Å². The molecule has 75 valence electrons. The van der Waals surface area contributed by atoms with Crippen molar-refractivity contribution in [1.29, 1.82) is 0 Å². The molecule has 0 aromatic rings. The molecule has 3 heteroatoms. The van der Waals surface area contributed by atoms with E-state index in [1.165, 1.54) is 37.1 Å². The van der Waals surface area contributed by atoms with E-state index in [1.54, 1.807) is 0 Å². The predicted molar refractivity (Wildman–Crippen MR) is 52.5 cm³/mol. The van der Waals surface area contributed by atoms with Crippen LogP contribution in [0.4, 0.5) is 0 Å².